The van der Waals surface area contributed by atoms with Crippen LogP contribution in [-0.2, 0) is 4.74 Å². The number of fused-ring (bicyclic) bond motifs is 1. The Hall–Kier alpha value is -2.94. The molecule has 0 radical (unpaired) electrons. The Balaban J connectivity index is 1.72. The van der Waals surface area contributed by atoms with Crippen LogP contribution in [0.5, 0.6) is 0 Å². The van der Waals surface area contributed by atoms with Crippen LogP contribution in [0.25, 0.3) is 10.8 Å². The van der Waals surface area contributed by atoms with Crippen LogP contribution in [0.3, 0.4) is 0 Å². The van der Waals surface area contributed by atoms with Gasteiger partial charge in [-0.05, 0) is 53.1 Å². The van der Waals surface area contributed by atoms with Crippen molar-refractivity contribution in [1.29, 1.82) is 0 Å². The predicted molar refractivity (Wildman–Crippen MR) is 98.2 cm³/mol. The topological polar surface area (TPSA) is 38.7 Å². The first-order chi connectivity index (χ1) is 11.8. The molecule has 3 aromatic rings. The fourth-order valence-corrected chi connectivity index (χ4v) is 2.40. The highest BCUT2D eigenvalue weighted by molar-refractivity contribution is 5.92. The first kappa shape index (κ1) is 15.9. The van der Waals surface area contributed by atoms with Gasteiger partial charge in [-0.3, -0.25) is 4.99 Å². The molecule has 120 valence electrons. The van der Waals surface area contributed by atoms with E-state index in [9.17, 15) is 4.79 Å². The lowest BCUT2D eigenvalue weighted by Gasteiger charge is -2.03. The Morgan fingerprint density at radius 1 is 1.00 bits per heavy atom. The molecular formula is C21H19NO2. The van der Waals surface area contributed by atoms with E-state index in [1.807, 2.05) is 43.5 Å². The van der Waals surface area contributed by atoms with Gasteiger partial charge in [-0.2, -0.15) is 0 Å². The molecule has 0 heterocycles. The van der Waals surface area contributed by atoms with Gasteiger partial charge in [0.15, 0.2) is 0 Å². The molecule has 0 unspecified atom stereocenters. The highest BCUT2D eigenvalue weighted by Crippen LogP contribution is 2.17. The molecule has 0 spiro atoms. The number of hydrogen-bond acceptors (Lipinski definition) is 3. The molecule has 0 amide bonds. The molecule has 3 nitrogen and oxygen atoms in total. The van der Waals surface area contributed by atoms with Crippen LogP contribution >= 0.6 is 0 Å². The number of nitrogens with zero attached hydrogens (tertiary/aromatic N) is 1. The van der Waals surface area contributed by atoms with Gasteiger partial charge in [-0.25, -0.2) is 4.79 Å². The zero-order valence-corrected chi connectivity index (χ0v) is 13.6. The van der Waals surface area contributed by atoms with E-state index in [-0.39, 0.29) is 5.97 Å². The van der Waals surface area contributed by atoms with Crippen molar-refractivity contribution in [3.05, 3.63) is 77.9 Å². The molecule has 0 aliphatic heterocycles. The maximum atomic E-state index is 11.8. The zero-order valence-electron chi connectivity index (χ0n) is 13.6. The first-order valence-electron chi connectivity index (χ1n) is 8.06. The smallest absolute Gasteiger partial charge is 0.338 e. The fraction of sp³-hybridized carbons (Fsp3) is 0.143. The summed E-state index contributed by atoms with van der Waals surface area (Å²) in [6.07, 6.45) is 2.65. The minimum atomic E-state index is -0.290. The van der Waals surface area contributed by atoms with Crippen LogP contribution < -0.4 is 0 Å². The Morgan fingerprint density at radius 3 is 2.50 bits per heavy atom. The molecule has 0 aliphatic rings. The third-order valence-electron chi connectivity index (χ3n) is 3.68. The lowest BCUT2D eigenvalue weighted by Crippen LogP contribution is -2.05. The van der Waals surface area contributed by atoms with E-state index >= 15 is 0 Å². The first-order valence-corrected chi connectivity index (χ1v) is 8.06. The lowest BCUT2D eigenvalue weighted by atomic mass is 10.1. The van der Waals surface area contributed by atoms with Crippen LogP contribution in [0.4, 0.5) is 5.69 Å². The second-order valence-electron chi connectivity index (χ2n) is 5.55. The summed E-state index contributed by atoms with van der Waals surface area (Å²) in [6, 6.07) is 21.6. The lowest BCUT2D eigenvalue weighted by molar-refractivity contribution is 0.0505. The molecule has 0 fully saturated rings. The molecule has 0 saturated heterocycles. The molecular weight excluding hydrogens is 298 g/mol. The van der Waals surface area contributed by atoms with Crippen molar-refractivity contribution in [2.45, 2.75) is 13.3 Å². The van der Waals surface area contributed by atoms with Gasteiger partial charge in [0.25, 0.3) is 0 Å². The minimum absolute atomic E-state index is 0.290. The molecule has 3 heteroatoms. The van der Waals surface area contributed by atoms with Gasteiger partial charge in [-0.1, -0.05) is 43.3 Å². The summed E-state index contributed by atoms with van der Waals surface area (Å²) in [5.74, 6) is -0.290. The fourth-order valence-electron chi connectivity index (χ4n) is 2.40. The van der Waals surface area contributed by atoms with Gasteiger partial charge in [0.2, 0.25) is 0 Å². The molecule has 3 rings (SSSR count). The average molecular weight is 317 g/mol. The third kappa shape index (κ3) is 3.87. The summed E-state index contributed by atoms with van der Waals surface area (Å²) in [6.45, 7) is 2.42. The molecule has 0 aromatic heterocycles. The largest absolute Gasteiger partial charge is 0.462 e. The summed E-state index contributed by atoms with van der Waals surface area (Å²) in [7, 11) is 0. The second kappa shape index (κ2) is 7.55. The monoisotopic (exact) mass is 317 g/mol. The summed E-state index contributed by atoms with van der Waals surface area (Å²) in [5.41, 5.74) is 2.39. The van der Waals surface area contributed by atoms with E-state index in [0.717, 1.165) is 17.7 Å². The number of ether oxygens (including phenoxy) is 1. The van der Waals surface area contributed by atoms with Crippen LogP contribution in [0.1, 0.15) is 29.3 Å². The van der Waals surface area contributed by atoms with Crippen LogP contribution in [0, 0.1) is 0 Å². The van der Waals surface area contributed by atoms with E-state index in [2.05, 4.69) is 29.3 Å². The second-order valence-corrected chi connectivity index (χ2v) is 5.55. The van der Waals surface area contributed by atoms with E-state index < -0.39 is 0 Å². The average Bonchev–Trinajstić information content (AvgIpc) is 2.64. The standard InChI is InChI=1S/C21H19NO2/c1-2-13-24-21(23)18-9-11-20(12-10-18)22-15-16-7-8-17-5-3-4-6-19(17)14-16/h3-12,14-15H,2,13H2,1H3. The van der Waals surface area contributed by atoms with Crippen molar-refractivity contribution < 1.29 is 9.53 Å². The maximum absolute atomic E-state index is 11.8. The molecule has 0 bridgehead atoms. The summed E-state index contributed by atoms with van der Waals surface area (Å²) < 4.78 is 5.11. The molecule has 0 atom stereocenters. The molecule has 0 aliphatic carbocycles. The van der Waals surface area contributed by atoms with Crippen molar-refractivity contribution >= 4 is 28.6 Å². The summed E-state index contributed by atoms with van der Waals surface area (Å²) in [4.78, 5) is 16.2. The predicted octanol–water partition coefficient (Wildman–Crippen LogP) is 5.16. The SMILES string of the molecule is CCCOC(=O)c1ccc(N=Cc2ccc3ccccc3c2)cc1. The normalized spacial score (nSPS) is 11.0. The Labute approximate surface area is 141 Å². The number of esters is 1. The molecule has 24 heavy (non-hydrogen) atoms. The number of rotatable bonds is 5. The number of hydrogen-bond donors (Lipinski definition) is 0. The summed E-state index contributed by atoms with van der Waals surface area (Å²) >= 11 is 0. The van der Waals surface area contributed by atoms with Crippen molar-refractivity contribution in [3.63, 3.8) is 0 Å². The number of carbonyl (C=O) groups is 1. The van der Waals surface area contributed by atoms with E-state index in [4.69, 9.17) is 4.74 Å². The Kier molecular flexibility index (Phi) is 5.02. The van der Waals surface area contributed by atoms with Gasteiger partial charge in [0, 0.05) is 6.21 Å². The number of carbonyl (C=O) groups excluding carboxylic acids is 1. The van der Waals surface area contributed by atoms with E-state index in [1.165, 1.54) is 10.8 Å². The van der Waals surface area contributed by atoms with E-state index in [0.29, 0.717) is 12.2 Å². The van der Waals surface area contributed by atoms with Crippen molar-refractivity contribution in [1.82, 2.24) is 0 Å². The van der Waals surface area contributed by atoms with Crippen molar-refractivity contribution in [2.24, 2.45) is 4.99 Å². The Bertz CT molecular complexity index is 866. The third-order valence-corrected chi connectivity index (χ3v) is 3.68. The quantitative estimate of drug-likeness (QED) is 0.482. The van der Waals surface area contributed by atoms with Crippen molar-refractivity contribution in [2.75, 3.05) is 6.61 Å². The summed E-state index contributed by atoms with van der Waals surface area (Å²) in [5, 5.41) is 2.40. The minimum Gasteiger partial charge on any atom is -0.462 e. The number of benzene rings is 3. The highest BCUT2D eigenvalue weighted by Gasteiger charge is 2.05. The van der Waals surface area contributed by atoms with Crippen LogP contribution in [-0.4, -0.2) is 18.8 Å². The number of aliphatic imine (C=N–C) groups is 1. The molecule has 0 N–H and O–H groups in total. The molecule has 0 saturated carbocycles. The van der Waals surface area contributed by atoms with Gasteiger partial charge in [0.1, 0.15) is 0 Å². The Morgan fingerprint density at radius 2 is 1.75 bits per heavy atom. The van der Waals surface area contributed by atoms with E-state index in [1.54, 1.807) is 12.1 Å². The van der Waals surface area contributed by atoms with Gasteiger partial charge >= 0.3 is 5.97 Å². The van der Waals surface area contributed by atoms with Crippen LogP contribution in [0.2, 0.25) is 0 Å². The van der Waals surface area contributed by atoms with Gasteiger partial charge in [0.05, 0.1) is 17.9 Å². The van der Waals surface area contributed by atoms with Crippen molar-refractivity contribution in [3.8, 4) is 0 Å². The van der Waals surface area contributed by atoms with Crippen LogP contribution in [0.15, 0.2) is 71.7 Å². The van der Waals surface area contributed by atoms with Gasteiger partial charge in [-0.15, -0.1) is 0 Å². The maximum Gasteiger partial charge on any atom is 0.338 e. The zero-order chi connectivity index (χ0) is 16.8. The van der Waals surface area contributed by atoms with Gasteiger partial charge < -0.3 is 4.74 Å². The molecule has 3 aromatic carbocycles. The highest BCUT2D eigenvalue weighted by atomic mass is 16.5.